The molecule has 1 aliphatic rings. The van der Waals surface area contributed by atoms with Crippen LogP contribution in [0.2, 0.25) is 0 Å². The van der Waals surface area contributed by atoms with Crippen LogP contribution in [0.4, 0.5) is 0 Å². The molecule has 1 N–H and O–H groups in total. The van der Waals surface area contributed by atoms with Gasteiger partial charge in [-0.15, -0.1) is 0 Å². The Morgan fingerprint density at radius 1 is 1.26 bits per heavy atom. The zero-order valence-electron chi connectivity index (χ0n) is 14.2. The summed E-state index contributed by atoms with van der Waals surface area (Å²) in [6.45, 7) is 7.46. The number of furan rings is 1. The topological polar surface area (TPSA) is 41.3 Å². The van der Waals surface area contributed by atoms with Crippen LogP contribution in [0.5, 0.6) is 0 Å². The Balaban J connectivity index is 1.51. The van der Waals surface area contributed by atoms with Gasteiger partial charge in [-0.2, -0.15) is 0 Å². The van der Waals surface area contributed by atoms with Gasteiger partial charge in [-0.25, -0.2) is 0 Å². The summed E-state index contributed by atoms with van der Waals surface area (Å²) in [5.74, 6) is 1.06. The van der Waals surface area contributed by atoms with Gasteiger partial charge in [-0.05, 0) is 50.5 Å². The number of aromatic nitrogens is 1. The van der Waals surface area contributed by atoms with E-state index in [1.165, 1.54) is 18.5 Å². The Morgan fingerprint density at radius 3 is 2.74 bits per heavy atom. The van der Waals surface area contributed by atoms with Gasteiger partial charge < -0.3 is 9.73 Å². The van der Waals surface area contributed by atoms with Gasteiger partial charge in [0.1, 0.15) is 5.76 Å². The van der Waals surface area contributed by atoms with Gasteiger partial charge in [0, 0.05) is 30.9 Å². The second kappa shape index (κ2) is 7.75. The smallest absolute Gasteiger partial charge is 0.117 e. The third kappa shape index (κ3) is 4.43. The van der Waals surface area contributed by atoms with Crippen molar-refractivity contribution >= 4 is 0 Å². The number of likely N-dealkylation sites (tertiary alicyclic amines) is 1. The molecule has 1 unspecified atom stereocenters. The van der Waals surface area contributed by atoms with E-state index >= 15 is 0 Å². The molecule has 0 aromatic carbocycles. The summed E-state index contributed by atoms with van der Waals surface area (Å²) in [7, 11) is 0. The number of nitrogens with zero attached hydrogens (tertiary/aromatic N) is 2. The fourth-order valence-electron chi connectivity index (χ4n) is 3.34. The molecule has 3 heterocycles. The van der Waals surface area contributed by atoms with E-state index in [-0.39, 0.29) is 0 Å². The average molecular weight is 313 g/mol. The van der Waals surface area contributed by atoms with Crippen LogP contribution in [0.15, 0.2) is 41.0 Å². The molecule has 0 spiro atoms. The van der Waals surface area contributed by atoms with Crippen molar-refractivity contribution in [1.82, 2.24) is 15.2 Å². The molecule has 2 aromatic rings. The van der Waals surface area contributed by atoms with Crippen LogP contribution in [-0.4, -0.2) is 29.0 Å². The average Bonchev–Trinajstić information content (AvgIpc) is 3.07. The molecule has 23 heavy (non-hydrogen) atoms. The monoisotopic (exact) mass is 313 g/mol. The van der Waals surface area contributed by atoms with Crippen molar-refractivity contribution in [2.75, 3.05) is 13.1 Å². The highest BCUT2D eigenvalue weighted by atomic mass is 16.3. The predicted molar refractivity (Wildman–Crippen MR) is 92.1 cm³/mol. The lowest BCUT2D eigenvalue weighted by atomic mass is 10.0. The van der Waals surface area contributed by atoms with Crippen molar-refractivity contribution in [3.63, 3.8) is 0 Å². The number of nitrogens with one attached hydrogen (secondary N) is 1. The van der Waals surface area contributed by atoms with Gasteiger partial charge in [0.25, 0.3) is 0 Å². The molecule has 2 aromatic heterocycles. The van der Waals surface area contributed by atoms with Gasteiger partial charge in [0.15, 0.2) is 0 Å². The van der Waals surface area contributed by atoms with Crippen LogP contribution >= 0.6 is 0 Å². The van der Waals surface area contributed by atoms with E-state index < -0.39 is 0 Å². The Kier molecular flexibility index (Phi) is 5.47. The summed E-state index contributed by atoms with van der Waals surface area (Å²) in [6, 6.07) is 11.3. The maximum atomic E-state index is 5.45. The maximum absolute atomic E-state index is 5.45. The molecule has 0 aliphatic carbocycles. The molecule has 1 fully saturated rings. The lowest BCUT2D eigenvalue weighted by Crippen LogP contribution is -2.43. The van der Waals surface area contributed by atoms with Gasteiger partial charge in [0.05, 0.1) is 18.5 Å². The molecule has 1 saturated heterocycles. The second-order valence-electron chi connectivity index (χ2n) is 6.46. The minimum atomic E-state index is 0.358. The third-order valence-corrected chi connectivity index (χ3v) is 4.66. The Hall–Kier alpha value is -1.65. The van der Waals surface area contributed by atoms with E-state index in [4.69, 9.17) is 4.42 Å². The molecule has 124 valence electrons. The predicted octanol–water partition coefficient (Wildman–Crippen LogP) is 3.69. The molecular formula is C19H27N3O. The number of rotatable bonds is 6. The van der Waals surface area contributed by atoms with Crippen molar-refractivity contribution < 1.29 is 4.42 Å². The summed E-state index contributed by atoms with van der Waals surface area (Å²) in [4.78, 5) is 7.16. The van der Waals surface area contributed by atoms with Crippen molar-refractivity contribution in [3.8, 4) is 0 Å². The van der Waals surface area contributed by atoms with Crippen LogP contribution in [0.3, 0.4) is 0 Å². The van der Waals surface area contributed by atoms with Crippen molar-refractivity contribution in [3.05, 3.63) is 53.7 Å². The van der Waals surface area contributed by atoms with Crippen LogP contribution < -0.4 is 5.32 Å². The quantitative estimate of drug-likeness (QED) is 0.883. The van der Waals surface area contributed by atoms with Crippen LogP contribution in [0.25, 0.3) is 0 Å². The summed E-state index contributed by atoms with van der Waals surface area (Å²) in [5.41, 5.74) is 2.27. The first-order valence-electron chi connectivity index (χ1n) is 8.69. The van der Waals surface area contributed by atoms with E-state index in [0.717, 1.165) is 37.5 Å². The van der Waals surface area contributed by atoms with Gasteiger partial charge >= 0.3 is 0 Å². The summed E-state index contributed by atoms with van der Waals surface area (Å²) in [5, 5.41) is 3.82. The first-order valence-corrected chi connectivity index (χ1v) is 8.69. The standard InChI is InChI=1S/C19H27N3O/c1-3-18(19-8-4-6-15(2)20-19)21-16-9-11-22(12-10-16)14-17-7-5-13-23-17/h4-8,13,16,18,21H,3,9-12,14H2,1-2H3. The van der Waals surface area contributed by atoms with Gasteiger partial charge in [-0.3, -0.25) is 9.88 Å². The zero-order valence-corrected chi connectivity index (χ0v) is 14.2. The van der Waals surface area contributed by atoms with Crippen LogP contribution in [0.1, 0.15) is 49.4 Å². The Morgan fingerprint density at radius 2 is 2.09 bits per heavy atom. The van der Waals surface area contributed by atoms with E-state index in [1.54, 1.807) is 6.26 Å². The molecule has 0 saturated carbocycles. The Bertz CT molecular complexity index is 588. The first-order chi connectivity index (χ1) is 11.2. The number of hydrogen-bond donors (Lipinski definition) is 1. The summed E-state index contributed by atoms with van der Waals surface area (Å²) >= 11 is 0. The zero-order chi connectivity index (χ0) is 16.1. The van der Waals surface area contributed by atoms with Gasteiger partial charge in [0.2, 0.25) is 0 Å². The normalized spacial score (nSPS) is 18.2. The van der Waals surface area contributed by atoms with Crippen LogP contribution in [0, 0.1) is 6.92 Å². The van der Waals surface area contributed by atoms with Gasteiger partial charge in [-0.1, -0.05) is 13.0 Å². The summed E-state index contributed by atoms with van der Waals surface area (Å²) < 4.78 is 5.45. The second-order valence-corrected chi connectivity index (χ2v) is 6.46. The van der Waals surface area contributed by atoms with E-state index in [1.807, 2.05) is 6.07 Å². The fraction of sp³-hybridized carbons (Fsp3) is 0.526. The highest BCUT2D eigenvalue weighted by Gasteiger charge is 2.22. The molecule has 0 radical (unpaired) electrons. The first kappa shape index (κ1) is 16.2. The fourth-order valence-corrected chi connectivity index (χ4v) is 3.34. The minimum absolute atomic E-state index is 0.358. The number of aryl methyl sites for hydroxylation is 1. The minimum Gasteiger partial charge on any atom is -0.468 e. The Labute approximate surface area is 138 Å². The molecule has 0 amide bonds. The molecule has 4 heteroatoms. The van der Waals surface area contributed by atoms with E-state index in [9.17, 15) is 0 Å². The summed E-state index contributed by atoms with van der Waals surface area (Å²) in [6.07, 6.45) is 5.19. The highest BCUT2D eigenvalue weighted by molar-refractivity contribution is 5.13. The van der Waals surface area contributed by atoms with Crippen molar-refractivity contribution in [1.29, 1.82) is 0 Å². The molecule has 4 nitrogen and oxygen atoms in total. The van der Waals surface area contributed by atoms with E-state index in [2.05, 4.69) is 53.3 Å². The number of hydrogen-bond acceptors (Lipinski definition) is 4. The highest BCUT2D eigenvalue weighted by Crippen LogP contribution is 2.20. The SMILES string of the molecule is CCC(NC1CCN(Cc2ccco2)CC1)c1cccc(C)n1. The lowest BCUT2D eigenvalue weighted by molar-refractivity contribution is 0.172. The van der Waals surface area contributed by atoms with Crippen molar-refractivity contribution in [2.24, 2.45) is 0 Å². The molecule has 1 atom stereocenters. The van der Waals surface area contributed by atoms with E-state index in [0.29, 0.717) is 12.1 Å². The van der Waals surface area contributed by atoms with Crippen molar-refractivity contribution in [2.45, 2.75) is 51.7 Å². The molecular weight excluding hydrogens is 286 g/mol. The molecule has 1 aliphatic heterocycles. The van der Waals surface area contributed by atoms with Crippen LogP contribution in [-0.2, 0) is 6.54 Å². The largest absolute Gasteiger partial charge is 0.468 e. The third-order valence-electron chi connectivity index (χ3n) is 4.66. The molecule has 0 bridgehead atoms. The lowest BCUT2D eigenvalue weighted by Gasteiger charge is -2.34. The number of piperidine rings is 1. The number of pyridine rings is 1. The maximum Gasteiger partial charge on any atom is 0.117 e. The molecule has 3 rings (SSSR count).